The van der Waals surface area contributed by atoms with E-state index < -0.39 is 5.97 Å². The molecule has 0 bridgehead atoms. The number of carboxylic acid groups (broad SMARTS) is 1. The number of fused-ring (bicyclic) bond motifs is 2. The quantitative estimate of drug-likeness (QED) is 0.303. The molecule has 2 aliphatic rings. The fourth-order valence-corrected chi connectivity index (χ4v) is 5.52. The molecule has 8 heteroatoms. The molecule has 1 aromatic heterocycles. The molecule has 0 radical (unpaired) electrons. The number of imidazole rings is 1. The van der Waals surface area contributed by atoms with Gasteiger partial charge in [-0.3, -0.25) is 4.90 Å². The van der Waals surface area contributed by atoms with Gasteiger partial charge in [0.05, 0.1) is 42.4 Å². The van der Waals surface area contributed by atoms with Crippen molar-refractivity contribution in [2.45, 2.75) is 44.9 Å². The second-order valence-electron chi connectivity index (χ2n) is 10.4. The molecule has 1 atom stereocenters. The van der Waals surface area contributed by atoms with Gasteiger partial charge < -0.3 is 19.1 Å². The van der Waals surface area contributed by atoms with E-state index in [2.05, 4.69) is 27.7 Å². The lowest BCUT2D eigenvalue weighted by molar-refractivity contribution is -0.0592. The molecule has 3 aromatic carbocycles. The van der Waals surface area contributed by atoms with Crippen molar-refractivity contribution in [3.05, 3.63) is 93.8 Å². The van der Waals surface area contributed by atoms with Gasteiger partial charge in [-0.1, -0.05) is 29.8 Å². The zero-order chi connectivity index (χ0) is 26.8. The molecule has 4 aromatic rings. The predicted octanol–water partition coefficient (Wildman–Crippen LogP) is 5.40. The lowest BCUT2D eigenvalue weighted by atomic mass is 10.0. The number of hydrogen-bond donors (Lipinski definition) is 1. The highest BCUT2D eigenvalue weighted by atomic mass is 35.5. The Hall–Kier alpha value is -3.39. The first-order chi connectivity index (χ1) is 19.0. The smallest absolute Gasteiger partial charge is 0.335 e. The number of carbonyl (C=O) groups is 1. The van der Waals surface area contributed by atoms with Crippen molar-refractivity contribution in [2.24, 2.45) is 0 Å². The lowest BCUT2D eigenvalue weighted by Gasteiger charge is -2.28. The summed E-state index contributed by atoms with van der Waals surface area (Å²) in [7, 11) is 0. The van der Waals surface area contributed by atoms with Crippen molar-refractivity contribution in [1.29, 1.82) is 0 Å². The molecule has 39 heavy (non-hydrogen) atoms. The lowest BCUT2D eigenvalue weighted by Crippen LogP contribution is -2.33. The van der Waals surface area contributed by atoms with Crippen LogP contribution in [0.3, 0.4) is 0 Å². The number of aromatic nitrogens is 2. The normalized spacial score (nSPS) is 17.4. The van der Waals surface area contributed by atoms with Gasteiger partial charge in [0.2, 0.25) is 0 Å². The Morgan fingerprint density at radius 2 is 1.85 bits per heavy atom. The molecule has 1 unspecified atom stereocenters. The van der Waals surface area contributed by atoms with E-state index in [9.17, 15) is 9.90 Å². The van der Waals surface area contributed by atoms with E-state index in [1.54, 1.807) is 12.1 Å². The zero-order valence-electron chi connectivity index (χ0n) is 21.8. The minimum atomic E-state index is -0.926. The van der Waals surface area contributed by atoms with Crippen LogP contribution in [0, 0.1) is 0 Å². The van der Waals surface area contributed by atoms with Crippen LogP contribution < -0.4 is 4.74 Å². The van der Waals surface area contributed by atoms with Crippen molar-refractivity contribution in [3.8, 4) is 5.75 Å². The Bertz CT molecular complexity index is 1480. The van der Waals surface area contributed by atoms with Gasteiger partial charge in [-0.25, -0.2) is 9.78 Å². The maximum Gasteiger partial charge on any atom is 0.335 e. The van der Waals surface area contributed by atoms with E-state index >= 15 is 0 Å². The third-order valence-corrected chi connectivity index (χ3v) is 8.02. The summed E-state index contributed by atoms with van der Waals surface area (Å²) in [6.07, 6.45) is 3.92. The van der Waals surface area contributed by atoms with Gasteiger partial charge in [0, 0.05) is 31.1 Å². The number of nitrogens with zero attached hydrogens (tertiary/aromatic N) is 3. The van der Waals surface area contributed by atoms with Crippen LogP contribution in [-0.4, -0.2) is 57.9 Å². The molecule has 7 nitrogen and oxygen atoms in total. The number of halogens is 1. The van der Waals surface area contributed by atoms with Crippen LogP contribution in [-0.2, 0) is 37.1 Å². The summed E-state index contributed by atoms with van der Waals surface area (Å²) < 4.78 is 14.0. The molecule has 202 valence electrons. The summed E-state index contributed by atoms with van der Waals surface area (Å²) in [5, 5.41) is 10.3. The highest BCUT2D eigenvalue weighted by Crippen LogP contribution is 2.26. The molecular formula is C31H32ClN3O4. The molecule has 1 fully saturated rings. The minimum absolute atomic E-state index is 0.154. The van der Waals surface area contributed by atoms with Crippen molar-refractivity contribution in [1.82, 2.24) is 14.5 Å². The third-order valence-electron chi connectivity index (χ3n) is 7.76. The first-order valence-electron chi connectivity index (χ1n) is 13.6. The second-order valence-corrected chi connectivity index (χ2v) is 10.8. The van der Waals surface area contributed by atoms with Gasteiger partial charge in [-0.2, -0.15) is 0 Å². The van der Waals surface area contributed by atoms with E-state index in [1.165, 1.54) is 16.7 Å². The summed E-state index contributed by atoms with van der Waals surface area (Å²) in [6.45, 7) is 4.67. The standard InChI is InChI=1S/C31H32ClN3O4/c32-25-5-1-21(2-6-25)11-15-38-26-7-3-22-9-13-34(14-10-23(22)17-26)20-30-33-28-8-4-24(31(36)37)18-29(28)35(30)19-27-12-16-39-27/h1-8,17-18,27H,9-16,19-20H2,(H,36,37). The fourth-order valence-electron chi connectivity index (χ4n) is 5.40. The van der Waals surface area contributed by atoms with E-state index in [0.717, 1.165) is 73.0 Å². The van der Waals surface area contributed by atoms with Crippen LogP contribution in [0.1, 0.15) is 39.3 Å². The minimum Gasteiger partial charge on any atom is -0.493 e. The highest BCUT2D eigenvalue weighted by molar-refractivity contribution is 6.30. The molecule has 3 heterocycles. The molecular weight excluding hydrogens is 514 g/mol. The topological polar surface area (TPSA) is 76.8 Å². The molecule has 2 aliphatic heterocycles. The average molecular weight is 546 g/mol. The fraction of sp³-hybridized carbons (Fsp3) is 0.355. The van der Waals surface area contributed by atoms with Crippen molar-refractivity contribution in [3.63, 3.8) is 0 Å². The van der Waals surface area contributed by atoms with Crippen LogP contribution in [0.5, 0.6) is 5.75 Å². The molecule has 0 amide bonds. The number of benzene rings is 3. The Morgan fingerprint density at radius 1 is 1.05 bits per heavy atom. The molecule has 1 N–H and O–H groups in total. The zero-order valence-corrected chi connectivity index (χ0v) is 22.6. The number of rotatable bonds is 9. The maximum atomic E-state index is 11.6. The van der Waals surface area contributed by atoms with Crippen molar-refractivity contribution < 1.29 is 19.4 Å². The summed E-state index contributed by atoms with van der Waals surface area (Å²) in [5.74, 6) is 0.942. The number of ether oxygens (including phenoxy) is 2. The van der Waals surface area contributed by atoms with Gasteiger partial charge in [0.25, 0.3) is 0 Å². The van der Waals surface area contributed by atoms with E-state index in [-0.39, 0.29) is 11.7 Å². The van der Waals surface area contributed by atoms with E-state index in [4.69, 9.17) is 26.1 Å². The molecule has 0 aliphatic carbocycles. The Balaban J connectivity index is 1.13. The van der Waals surface area contributed by atoms with Gasteiger partial charge in [0.15, 0.2) is 0 Å². The average Bonchev–Trinajstić information content (AvgIpc) is 3.11. The predicted molar refractivity (Wildman–Crippen MR) is 151 cm³/mol. The SMILES string of the molecule is O=C(O)c1ccc2nc(CN3CCc4ccc(OCCc5ccc(Cl)cc5)cc4CC3)n(CC3CCO3)c2c1. The van der Waals surface area contributed by atoms with Gasteiger partial charge >= 0.3 is 5.97 Å². The molecule has 6 rings (SSSR count). The van der Waals surface area contributed by atoms with E-state index in [1.807, 2.05) is 30.3 Å². The van der Waals surface area contributed by atoms with Gasteiger partial charge in [-0.05, 0) is 78.4 Å². The Labute approximate surface area is 232 Å². The van der Waals surface area contributed by atoms with Crippen LogP contribution in [0.4, 0.5) is 0 Å². The van der Waals surface area contributed by atoms with Gasteiger partial charge in [-0.15, -0.1) is 0 Å². The summed E-state index contributed by atoms with van der Waals surface area (Å²) >= 11 is 5.98. The number of carboxylic acids is 1. The van der Waals surface area contributed by atoms with Crippen LogP contribution in [0.2, 0.25) is 5.02 Å². The van der Waals surface area contributed by atoms with Crippen LogP contribution >= 0.6 is 11.6 Å². The molecule has 1 saturated heterocycles. The van der Waals surface area contributed by atoms with Gasteiger partial charge in [0.1, 0.15) is 11.6 Å². The molecule has 0 saturated carbocycles. The van der Waals surface area contributed by atoms with Crippen LogP contribution in [0.25, 0.3) is 11.0 Å². The second kappa shape index (κ2) is 11.4. The number of aromatic carboxylic acids is 1. The Morgan fingerprint density at radius 3 is 2.59 bits per heavy atom. The largest absolute Gasteiger partial charge is 0.493 e. The van der Waals surface area contributed by atoms with Crippen LogP contribution in [0.15, 0.2) is 60.7 Å². The first kappa shape index (κ1) is 25.9. The first-order valence-corrected chi connectivity index (χ1v) is 13.9. The third kappa shape index (κ3) is 5.96. The Kier molecular flexibility index (Phi) is 7.55. The van der Waals surface area contributed by atoms with E-state index in [0.29, 0.717) is 19.7 Å². The molecule has 0 spiro atoms. The van der Waals surface area contributed by atoms with Crippen molar-refractivity contribution in [2.75, 3.05) is 26.3 Å². The highest BCUT2D eigenvalue weighted by Gasteiger charge is 2.24. The summed E-state index contributed by atoms with van der Waals surface area (Å²) in [5.41, 5.74) is 5.88. The maximum absolute atomic E-state index is 11.6. The summed E-state index contributed by atoms with van der Waals surface area (Å²) in [6, 6.07) is 19.5. The van der Waals surface area contributed by atoms with Crippen molar-refractivity contribution >= 4 is 28.6 Å². The summed E-state index contributed by atoms with van der Waals surface area (Å²) in [4.78, 5) is 19.0. The monoisotopic (exact) mass is 545 g/mol. The number of hydrogen-bond acceptors (Lipinski definition) is 5.